The molecule has 112 valence electrons. The summed E-state index contributed by atoms with van der Waals surface area (Å²) in [7, 11) is 0. The second-order valence-electron chi connectivity index (χ2n) is 3.62. The van der Waals surface area contributed by atoms with Gasteiger partial charge in [0.1, 0.15) is 4.90 Å². The van der Waals surface area contributed by atoms with Crippen molar-refractivity contribution in [2.75, 3.05) is 5.84 Å². The molecule has 0 aliphatic rings. The predicted octanol–water partition coefficient (Wildman–Crippen LogP) is 2.72. The van der Waals surface area contributed by atoms with Crippen molar-refractivity contribution in [3.8, 4) is 0 Å². The molecule has 0 saturated carbocycles. The summed E-state index contributed by atoms with van der Waals surface area (Å²) < 4.78 is 37.8. The summed E-state index contributed by atoms with van der Waals surface area (Å²) >= 11 is 6.35. The molecule has 2 N–H and O–H groups in total. The summed E-state index contributed by atoms with van der Waals surface area (Å²) in [6, 6.07) is 3.87. The van der Waals surface area contributed by atoms with E-state index in [0.717, 1.165) is 6.07 Å². The summed E-state index contributed by atoms with van der Waals surface area (Å²) in [5.41, 5.74) is -0.371. The molecule has 2 rings (SSSR count). The summed E-state index contributed by atoms with van der Waals surface area (Å²) in [4.78, 5) is 10.1. The average Bonchev–Trinajstić information content (AvgIpc) is 2.73. The Hall–Kier alpha value is -2.01. The number of rotatable bonds is 3. The van der Waals surface area contributed by atoms with E-state index in [0.29, 0.717) is 11.8 Å². The van der Waals surface area contributed by atoms with Crippen LogP contribution in [0.4, 0.5) is 18.9 Å². The maximum absolute atomic E-state index is 12.5. The highest BCUT2D eigenvalue weighted by atomic mass is 35.5. The molecule has 0 aliphatic heterocycles. The normalized spacial score (nSPS) is 11.6. The Labute approximate surface area is 124 Å². The number of halogens is 4. The average molecular weight is 340 g/mol. The van der Waals surface area contributed by atoms with Crippen LogP contribution in [0.25, 0.3) is 0 Å². The van der Waals surface area contributed by atoms with Crippen molar-refractivity contribution in [2.45, 2.75) is 16.2 Å². The molecule has 1 aromatic carbocycles. The minimum Gasteiger partial charge on any atom is -0.335 e. The van der Waals surface area contributed by atoms with Crippen molar-refractivity contribution in [2.24, 2.45) is 0 Å². The maximum Gasteiger partial charge on any atom is 0.453 e. The minimum atomic E-state index is -4.78. The van der Waals surface area contributed by atoms with Gasteiger partial charge < -0.3 is 5.84 Å². The van der Waals surface area contributed by atoms with Gasteiger partial charge in [0.2, 0.25) is 5.16 Å². The van der Waals surface area contributed by atoms with Crippen LogP contribution in [0.2, 0.25) is 5.02 Å². The molecule has 1 aromatic heterocycles. The fraction of sp³-hybridized carbons (Fsp3) is 0.111. The zero-order chi connectivity index (χ0) is 15.8. The van der Waals surface area contributed by atoms with Crippen LogP contribution >= 0.6 is 23.4 Å². The smallest absolute Gasteiger partial charge is 0.335 e. The van der Waals surface area contributed by atoms with Gasteiger partial charge in [0.05, 0.1) is 9.95 Å². The highest BCUT2D eigenvalue weighted by Gasteiger charge is 2.38. The topological polar surface area (TPSA) is 99.9 Å². The van der Waals surface area contributed by atoms with Crippen molar-refractivity contribution in [3.63, 3.8) is 0 Å². The van der Waals surface area contributed by atoms with Gasteiger partial charge in [-0.15, -0.1) is 10.2 Å². The fourth-order valence-electron chi connectivity index (χ4n) is 1.37. The van der Waals surface area contributed by atoms with Gasteiger partial charge in [-0.2, -0.15) is 13.2 Å². The molecule has 0 saturated heterocycles. The van der Waals surface area contributed by atoms with Gasteiger partial charge in [-0.3, -0.25) is 10.1 Å². The first kappa shape index (κ1) is 15.4. The van der Waals surface area contributed by atoms with Gasteiger partial charge >= 0.3 is 6.18 Å². The molecule has 0 fully saturated rings. The van der Waals surface area contributed by atoms with E-state index in [1.54, 1.807) is 0 Å². The molecule has 7 nitrogen and oxygen atoms in total. The third kappa shape index (κ3) is 3.03. The maximum atomic E-state index is 12.5. The van der Waals surface area contributed by atoms with Gasteiger partial charge in [0, 0.05) is 6.07 Å². The molecular formula is C9H5ClF3N5O2S. The number of hydrogen-bond donors (Lipinski definition) is 1. The van der Waals surface area contributed by atoms with Crippen molar-refractivity contribution in [3.05, 3.63) is 39.2 Å². The van der Waals surface area contributed by atoms with Crippen LogP contribution in [0.15, 0.2) is 28.3 Å². The molecule has 0 unspecified atom stereocenters. The van der Waals surface area contributed by atoms with E-state index < -0.39 is 16.9 Å². The summed E-state index contributed by atoms with van der Waals surface area (Å²) in [5.74, 6) is 3.83. The lowest BCUT2D eigenvalue weighted by Crippen LogP contribution is -2.21. The quantitative estimate of drug-likeness (QED) is 0.524. The van der Waals surface area contributed by atoms with Crippen LogP contribution in [0.3, 0.4) is 0 Å². The first-order valence-corrected chi connectivity index (χ1v) is 6.29. The van der Waals surface area contributed by atoms with E-state index in [9.17, 15) is 23.3 Å². The number of nitro benzene ring substituents is 1. The molecule has 1 heterocycles. The van der Waals surface area contributed by atoms with Gasteiger partial charge in [0.25, 0.3) is 11.5 Å². The van der Waals surface area contributed by atoms with Crippen LogP contribution in [-0.2, 0) is 6.18 Å². The lowest BCUT2D eigenvalue weighted by Gasteiger charge is -2.07. The molecule has 0 atom stereocenters. The van der Waals surface area contributed by atoms with E-state index in [1.807, 2.05) is 0 Å². The highest BCUT2D eigenvalue weighted by Crippen LogP contribution is 2.39. The Morgan fingerprint density at radius 3 is 2.57 bits per heavy atom. The molecule has 0 aliphatic carbocycles. The van der Waals surface area contributed by atoms with Gasteiger partial charge in [0.15, 0.2) is 0 Å². The largest absolute Gasteiger partial charge is 0.453 e. The number of nitrogens with zero attached hydrogens (tertiary/aromatic N) is 4. The first-order valence-electron chi connectivity index (χ1n) is 5.10. The van der Waals surface area contributed by atoms with Crippen LogP contribution < -0.4 is 5.84 Å². The second-order valence-corrected chi connectivity index (χ2v) is 5.01. The zero-order valence-electron chi connectivity index (χ0n) is 9.83. The first-order chi connectivity index (χ1) is 9.71. The SMILES string of the molecule is Nn1c(Sc2c(Cl)cccc2[N+](=O)[O-])nnc1C(F)(F)F. The Morgan fingerprint density at radius 1 is 1.38 bits per heavy atom. The third-order valence-electron chi connectivity index (χ3n) is 2.25. The molecule has 0 amide bonds. The lowest BCUT2D eigenvalue weighted by molar-refractivity contribution is -0.387. The number of nitrogen functional groups attached to an aromatic ring is 1. The Balaban J connectivity index is 2.45. The number of hydrogen-bond acceptors (Lipinski definition) is 6. The molecule has 0 radical (unpaired) electrons. The second kappa shape index (κ2) is 5.41. The van der Waals surface area contributed by atoms with Crippen LogP contribution in [-0.4, -0.2) is 19.8 Å². The summed E-state index contributed by atoms with van der Waals surface area (Å²) in [6.07, 6.45) is -4.78. The monoisotopic (exact) mass is 339 g/mol. The van der Waals surface area contributed by atoms with Crippen LogP contribution in [0, 0.1) is 10.1 Å². The Kier molecular flexibility index (Phi) is 3.96. The Bertz CT molecular complexity index is 705. The number of nitro groups is 1. The van der Waals surface area contributed by atoms with Crippen LogP contribution in [0.5, 0.6) is 0 Å². The zero-order valence-corrected chi connectivity index (χ0v) is 11.4. The highest BCUT2D eigenvalue weighted by molar-refractivity contribution is 7.99. The third-order valence-corrected chi connectivity index (χ3v) is 3.78. The number of aromatic nitrogens is 3. The Morgan fingerprint density at radius 2 is 2.05 bits per heavy atom. The van der Waals surface area contributed by atoms with Gasteiger partial charge in [-0.1, -0.05) is 17.7 Å². The van der Waals surface area contributed by atoms with Crippen molar-refractivity contribution >= 4 is 29.1 Å². The number of benzene rings is 1. The molecule has 21 heavy (non-hydrogen) atoms. The van der Waals surface area contributed by atoms with Crippen molar-refractivity contribution < 1.29 is 18.1 Å². The van der Waals surface area contributed by atoms with Gasteiger partial charge in [-0.25, -0.2) is 4.68 Å². The fourth-order valence-corrected chi connectivity index (χ4v) is 2.52. The number of nitrogens with two attached hydrogens (primary N) is 1. The van der Waals surface area contributed by atoms with Crippen LogP contribution in [0.1, 0.15) is 5.82 Å². The van der Waals surface area contributed by atoms with Crippen molar-refractivity contribution in [1.82, 2.24) is 14.9 Å². The minimum absolute atomic E-state index is 0.00856. The molecular weight excluding hydrogens is 335 g/mol. The van der Waals surface area contributed by atoms with E-state index in [2.05, 4.69) is 10.2 Å². The molecule has 12 heteroatoms. The number of alkyl halides is 3. The predicted molar refractivity (Wildman–Crippen MR) is 67.4 cm³/mol. The van der Waals surface area contributed by atoms with E-state index >= 15 is 0 Å². The van der Waals surface area contributed by atoms with E-state index in [1.165, 1.54) is 12.1 Å². The van der Waals surface area contributed by atoms with Crippen molar-refractivity contribution in [1.29, 1.82) is 0 Å². The molecule has 0 bridgehead atoms. The summed E-state index contributed by atoms with van der Waals surface area (Å²) in [5, 5.41) is 16.7. The molecule has 0 spiro atoms. The summed E-state index contributed by atoms with van der Waals surface area (Å²) in [6.45, 7) is 0. The standard InChI is InChI=1S/C9H5ClF3N5O2S/c10-4-2-1-3-5(18(19)20)6(4)21-8-16-15-7(17(8)14)9(11,12)13/h1-3H,14H2. The molecule has 2 aromatic rings. The van der Waals surface area contributed by atoms with E-state index in [4.69, 9.17) is 17.4 Å². The lowest BCUT2D eigenvalue weighted by atomic mass is 10.3. The van der Waals surface area contributed by atoms with E-state index in [-0.39, 0.29) is 25.4 Å². The van der Waals surface area contributed by atoms with Gasteiger partial charge in [-0.05, 0) is 17.8 Å².